The molecule has 1 aromatic heterocycles. The average Bonchev–Trinajstić information content (AvgIpc) is 2.67. The molecule has 0 bridgehead atoms. The van der Waals surface area contributed by atoms with Gasteiger partial charge in [-0.2, -0.15) is 0 Å². The van der Waals surface area contributed by atoms with Crippen LogP contribution in [0.15, 0.2) is 30.3 Å². The van der Waals surface area contributed by atoms with Crippen LogP contribution in [0.1, 0.15) is 31.9 Å². The lowest BCUT2D eigenvalue weighted by Crippen LogP contribution is -2.28. The normalized spacial score (nSPS) is 23.3. The maximum Gasteiger partial charge on any atom is 0.0854 e. The lowest BCUT2D eigenvalue weighted by Gasteiger charge is -2.26. The van der Waals surface area contributed by atoms with Gasteiger partial charge in [-0.05, 0) is 38.3 Å². The van der Waals surface area contributed by atoms with Crippen molar-refractivity contribution in [2.75, 3.05) is 18.0 Å². The molecule has 1 unspecified atom stereocenters. The van der Waals surface area contributed by atoms with Crippen molar-refractivity contribution >= 4 is 16.6 Å². The standard InChI is InChI=1S/C17H22N2O2/c1-17(21)7-4-9-19(10-8-17)16-11-13(12-20)18-15-6-3-2-5-14(15)16/h2-3,5-6,11,20-21H,4,7-10,12H2,1H3. The number of anilines is 1. The highest BCUT2D eigenvalue weighted by molar-refractivity contribution is 5.92. The number of rotatable bonds is 2. The topological polar surface area (TPSA) is 56.6 Å². The minimum absolute atomic E-state index is 0.0522. The first kappa shape index (κ1) is 14.3. The van der Waals surface area contributed by atoms with Crippen molar-refractivity contribution in [3.05, 3.63) is 36.0 Å². The number of fused-ring (bicyclic) bond motifs is 1. The molecule has 1 atom stereocenters. The van der Waals surface area contributed by atoms with Gasteiger partial charge < -0.3 is 15.1 Å². The molecule has 4 heteroatoms. The lowest BCUT2D eigenvalue weighted by atomic mass is 9.98. The molecule has 0 saturated carbocycles. The number of nitrogens with zero attached hydrogens (tertiary/aromatic N) is 2. The van der Waals surface area contributed by atoms with Crippen LogP contribution in [0.3, 0.4) is 0 Å². The molecule has 2 heterocycles. The number of pyridine rings is 1. The molecule has 0 amide bonds. The molecule has 2 aromatic rings. The molecule has 3 rings (SSSR count). The Morgan fingerprint density at radius 1 is 1.24 bits per heavy atom. The molecule has 0 radical (unpaired) electrons. The van der Waals surface area contributed by atoms with E-state index < -0.39 is 5.60 Å². The summed E-state index contributed by atoms with van der Waals surface area (Å²) in [7, 11) is 0. The molecule has 1 saturated heterocycles. The van der Waals surface area contributed by atoms with Crippen LogP contribution in [0.4, 0.5) is 5.69 Å². The summed E-state index contributed by atoms with van der Waals surface area (Å²) in [6.45, 7) is 3.62. The van der Waals surface area contributed by atoms with Crippen molar-refractivity contribution in [2.24, 2.45) is 0 Å². The van der Waals surface area contributed by atoms with Gasteiger partial charge >= 0.3 is 0 Å². The van der Waals surface area contributed by atoms with Crippen LogP contribution in [0.2, 0.25) is 0 Å². The van der Waals surface area contributed by atoms with E-state index in [1.165, 1.54) is 0 Å². The summed E-state index contributed by atoms with van der Waals surface area (Å²) in [6, 6.07) is 10.0. The number of para-hydroxylation sites is 1. The third-order valence-electron chi connectivity index (χ3n) is 4.31. The van der Waals surface area contributed by atoms with Gasteiger partial charge in [0.15, 0.2) is 0 Å². The number of hydrogen-bond donors (Lipinski definition) is 2. The van der Waals surface area contributed by atoms with Gasteiger partial charge in [-0.1, -0.05) is 18.2 Å². The molecule has 1 aliphatic heterocycles. The summed E-state index contributed by atoms with van der Waals surface area (Å²) < 4.78 is 0. The summed E-state index contributed by atoms with van der Waals surface area (Å²) >= 11 is 0. The third-order valence-corrected chi connectivity index (χ3v) is 4.31. The van der Waals surface area contributed by atoms with Gasteiger partial charge in [0.05, 0.1) is 23.4 Å². The minimum Gasteiger partial charge on any atom is -0.390 e. The molecule has 112 valence electrons. The smallest absolute Gasteiger partial charge is 0.0854 e. The van der Waals surface area contributed by atoms with Gasteiger partial charge in [-0.15, -0.1) is 0 Å². The van der Waals surface area contributed by atoms with Crippen molar-refractivity contribution in [1.29, 1.82) is 0 Å². The number of aromatic nitrogens is 1. The Morgan fingerprint density at radius 2 is 2.05 bits per heavy atom. The number of aliphatic hydroxyl groups is 2. The largest absolute Gasteiger partial charge is 0.390 e. The summed E-state index contributed by atoms with van der Waals surface area (Å²) in [5, 5.41) is 20.8. The van der Waals surface area contributed by atoms with Crippen LogP contribution in [0, 0.1) is 0 Å². The van der Waals surface area contributed by atoms with E-state index in [1.807, 2.05) is 31.2 Å². The highest BCUT2D eigenvalue weighted by Crippen LogP contribution is 2.30. The van der Waals surface area contributed by atoms with E-state index in [4.69, 9.17) is 0 Å². The first-order valence-electron chi connectivity index (χ1n) is 7.56. The zero-order chi connectivity index (χ0) is 14.9. The van der Waals surface area contributed by atoms with Crippen LogP contribution in [0.25, 0.3) is 10.9 Å². The zero-order valence-electron chi connectivity index (χ0n) is 12.4. The van der Waals surface area contributed by atoms with Gasteiger partial charge in [0, 0.05) is 24.2 Å². The fourth-order valence-corrected chi connectivity index (χ4v) is 3.06. The van der Waals surface area contributed by atoms with Gasteiger partial charge in [-0.3, -0.25) is 4.98 Å². The van der Waals surface area contributed by atoms with E-state index in [-0.39, 0.29) is 6.61 Å². The second-order valence-corrected chi connectivity index (χ2v) is 6.15. The van der Waals surface area contributed by atoms with E-state index in [2.05, 4.69) is 16.0 Å². The first-order chi connectivity index (χ1) is 10.1. The molecular weight excluding hydrogens is 264 g/mol. The highest BCUT2D eigenvalue weighted by atomic mass is 16.3. The molecule has 4 nitrogen and oxygen atoms in total. The number of hydrogen-bond acceptors (Lipinski definition) is 4. The molecule has 21 heavy (non-hydrogen) atoms. The summed E-state index contributed by atoms with van der Waals surface area (Å²) in [5.74, 6) is 0. The molecular formula is C17H22N2O2. The number of aliphatic hydroxyl groups excluding tert-OH is 1. The third kappa shape index (κ3) is 3.01. The quantitative estimate of drug-likeness (QED) is 0.890. The number of benzene rings is 1. The lowest BCUT2D eigenvalue weighted by molar-refractivity contribution is 0.0481. The van der Waals surface area contributed by atoms with E-state index in [0.717, 1.165) is 48.9 Å². The second-order valence-electron chi connectivity index (χ2n) is 6.15. The molecule has 1 aliphatic rings. The summed E-state index contributed by atoms with van der Waals surface area (Å²) in [5.41, 5.74) is 2.15. The van der Waals surface area contributed by atoms with E-state index >= 15 is 0 Å². The molecule has 0 aliphatic carbocycles. The Hall–Kier alpha value is -1.65. The van der Waals surface area contributed by atoms with Gasteiger partial charge in [0.2, 0.25) is 0 Å². The monoisotopic (exact) mass is 286 g/mol. The fraction of sp³-hybridized carbons (Fsp3) is 0.471. The van der Waals surface area contributed by atoms with Crippen molar-refractivity contribution in [3.63, 3.8) is 0 Å². The molecule has 2 N–H and O–H groups in total. The Bertz CT molecular complexity index is 640. The van der Waals surface area contributed by atoms with Crippen molar-refractivity contribution in [2.45, 2.75) is 38.4 Å². The SMILES string of the molecule is CC1(O)CCCN(c2cc(CO)nc3ccccc23)CC1. The van der Waals surface area contributed by atoms with Crippen LogP contribution in [0.5, 0.6) is 0 Å². The fourth-order valence-electron chi connectivity index (χ4n) is 3.06. The van der Waals surface area contributed by atoms with E-state index in [0.29, 0.717) is 5.69 Å². The highest BCUT2D eigenvalue weighted by Gasteiger charge is 2.25. The summed E-state index contributed by atoms with van der Waals surface area (Å²) in [6.07, 6.45) is 2.57. The second kappa shape index (κ2) is 5.62. The van der Waals surface area contributed by atoms with Crippen molar-refractivity contribution in [1.82, 2.24) is 4.98 Å². The first-order valence-corrected chi connectivity index (χ1v) is 7.56. The van der Waals surface area contributed by atoms with E-state index in [1.54, 1.807) is 0 Å². The average molecular weight is 286 g/mol. The van der Waals surface area contributed by atoms with Crippen LogP contribution in [-0.4, -0.2) is 33.9 Å². The minimum atomic E-state index is -0.572. The predicted octanol–water partition coefficient (Wildman–Crippen LogP) is 2.47. The van der Waals surface area contributed by atoms with Crippen molar-refractivity contribution < 1.29 is 10.2 Å². The van der Waals surface area contributed by atoms with Crippen LogP contribution in [-0.2, 0) is 6.61 Å². The van der Waals surface area contributed by atoms with Gasteiger partial charge in [-0.25, -0.2) is 0 Å². The Morgan fingerprint density at radius 3 is 2.86 bits per heavy atom. The van der Waals surface area contributed by atoms with Crippen molar-refractivity contribution in [3.8, 4) is 0 Å². The molecule has 1 aromatic carbocycles. The summed E-state index contributed by atoms with van der Waals surface area (Å²) in [4.78, 5) is 6.79. The predicted molar refractivity (Wildman–Crippen MR) is 84.4 cm³/mol. The Kier molecular flexibility index (Phi) is 3.83. The Labute approximate surface area is 125 Å². The van der Waals surface area contributed by atoms with Crippen LogP contribution >= 0.6 is 0 Å². The van der Waals surface area contributed by atoms with Crippen LogP contribution < -0.4 is 4.90 Å². The molecule has 1 fully saturated rings. The Balaban J connectivity index is 2.02. The maximum absolute atomic E-state index is 10.3. The van der Waals surface area contributed by atoms with E-state index in [9.17, 15) is 10.2 Å². The van der Waals surface area contributed by atoms with Gasteiger partial charge in [0.25, 0.3) is 0 Å². The zero-order valence-corrected chi connectivity index (χ0v) is 12.4. The molecule has 0 spiro atoms. The maximum atomic E-state index is 10.3. The van der Waals surface area contributed by atoms with Gasteiger partial charge in [0.1, 0.15) is 0 Å².